The van der Waals surface area contributed by atoms with Crippen molar-refractivity contribution in [1.82, 2.24) is 0 Å². The summed E-state index contributed by atoms with van der Waals surface area (Å²) in [6.45, 7) is 4.70. The maximum absolute atomic E-state index is 11.4. The third-order valence-corrected chi connectivity index (χ3v) is 4.67. The van der Waals surface area contributed by atoms with E-state index in [1.165, 1.54) is 54.4 Å². The van der Waals surface area contributed by atoms with E-state index in [9.17, 15) is 4.79 Å². The second-order valence-corrected chi connectivity index (χ2v) is 6.92. The summed E-state index contributed by atoms with van der Waals surface area (Å²) in [5.41, 5.74) is 5.11. The number of hydrogen-bond donors (Lipinski definition) is 0. The summed E-state index contributed by atoms with van der Waals surface area (Å²) in [5, 5.41) is 0. The molecule has 0 aromatic heterocycles. The first-order chi connectivity index (χ1) is 12.7. The standard InChI is InChI=1S/C24H32O2/c1-3-5-6-7-9-20-10-14-22(15-11-20)23-16-12-21(13-17-23)18-19-26-24(25)8-4-2/h10-17H,3-9,18-19H2,1-2H3. The van der Waals surface area contributed by atoms with Crippen LogP contribution in [-0.4, -0.2) is 12.6 Å². The lowest BCUT2D eigenvalue weighted by molar-refractivity contribution is -0.143. The SMILES string of the molecule is CCCCCCc1ccc(-c2ccc(CCOC(=O)CCC)cc2)cc1. The van der Waals surface area contributed by atoms with E-state index in [4.69, 9.17) is 4.74 Å². The van der Waals surface area contributed by atoms with Gasteiger partial charge in [0.1, 0.15) is 0 Å². The van der Waals surface area contributed by atoms with Crippen molar-refractivity contribution in [2.75, 3.05) is 6.61 Å². The Kier molecular flexibility index (Phi) is 8.95. The first-order valence-corrected chi connectivity index (χ1v) is 10.1. The van der Waals surface area contributed by atoms with Crippen LogP contribution >= 0.6 is 0 Å². The molecule has 26 heavy (non-hydrogen) atoms. The fourth-order valence-corrected chi connectivity index (χ4v) is 3.04. The van der Waals surface area contributed by atoms with Gasteiger partial charge in [-0.1, -0.05) is 81.6 Å². The van der Waals surface area contributed by atoms with E-state index in [0.717, 1.165) is 12.8 Å². The van der Waals surface area contributed by atoms with Crippen LogP contribution in [0.15, 0.2) is 48.5 Å². The van der Waals surface area contributed by atoms with Crippen LogP contribution in [0.2, 0.25) is 0 Å². The van der Waals surface area contributed by atoms with Gasteiger partial charge in [-0.25, -0.2) is 0 Å². The van der Waals surface area contributed by atoms with Crippen molar-refractivity contribution < 1.29 is 9.53 Å². The minimum Gasteiger partial charge on any atom is -0.465 e. The molecule has 0 aliphatic carbocycles. The molecule has 0 aliphatic heterocycles. The second kappa shape index (κ2) is 11.5. The van der Waals surface area contributed by atoms with Gasteiger partial charge in [0.05, 0.1) is 6.61 Å². The number of aryl methyl sites for hydroxylation is 1. The molecule has 0 amide bonds. The number of ether oxygens (including phenoxy) is 1. The van der Waals surface area contributed by atoms with Crippen molar-refractivity contribution >= 4 is 5.97 Å². The predicted octanol–water partition coefficient (Wildman–Crippen LogP) is 6.36. The maximum atomic E-state index is 11.4. The summed E-state index contributed by atoms with van der Waals surface area (Å²) in [5.74, 6) is -0.0982. The fraction of sp³-hybridized carbons (Fsp3) is 0.458. The van der Waals surface area contributed by atoms with Crippen molar-refractivity contribution in [2.24, 2.45) is 0 Å². The molecule has 2 aromatic rings. The molecule has 0 unspecified atom stereocenters. The van der Waals surface area contributed by atoms with Crippen LogP contribution in [0.3, 0.4) is 0 Å². The molecule has 0 heterocycles. The van der Waals surface area contributed by atoms with E-state index in [-0.39, 0.29) is 5.97 Å². The summed E-state index contributed by atoms with van der Waals surface area (Å²) in [7, 11) is 0. The Morgan fingerprint density at radius 3 is 1.85 bits per heavy atom. The van der Waals surface area contributed by atoms with Crippen LogP contribution in [0.25, 0.3) is 11.1 Å². The first-order valence-electron chi connectivity index (χ1n) is 10.1. The highest BCUT2D eigenvalue weighted by Crippen LogP contribution is 2.21. The van der Waals surface area contributed by atoms with Gasteiger partial charge in [-0.05, 0) is 41.5 Å². The second-order valence-electron chi connectivity index (χ2n) is 6.92. The maximum Gasteiger partial charge on any atom is 0.305 e. The molecule has 0 saturated carbocycles. The molecule has 2 rings (SSSR count). The largest absolute Gasteiger partial charge is 0.465 e. The highest BCUT2D eigenvalue weighted by molar-refractivity contribution is 5.69. The van der Waals surface area contributed by atoms with Gasteiger partial charge in [-0.2, -0.15) is 0 Å². The molecule has 0 spiro atoms. The van der Waals surface area contributed by atoms with Gasteiger partial charge >= 0.3 is 5.97 Å². The number of carbonyl (C=O) groups excluding carboxylic acids is 1. The van der Waals surface area contributed by atoms with E-state index >= 15 is 0 Å². The Hall–Kier alpha value is -2.09. The summed E-state index contributed by atoms with van der Waals surface area (Å²) < 4.78 is 5.22. The number of benzene rings is 2. The Labute approximate surface area is 158 Å². The minimum atomic E-state index is -0.0982. The van der Waals surface area contributed by atoms with E-state index in [0.29, 0.717) is 13.0 Å². The average molecular weight is 353 g/mol. The monoisotopic (exact) mass is 352 g/mol. The van der Waals surface area contributed by atoms with Crippen molar-refractivity contribution in [2.45, 2.75) is 65.2 Å². The zero-order valence-corrected chi connectivity index (χ0v) is 16.3. The molecule has 0 radical (unpaired) electrons. The topological polar surface area (TPSA) is 26.3 Å². The first kappa shape index (κ1) is 20.2. The van der Waals surface area contributed by atoms with E-state index in [1.807, 2.05) is 6.92 Å². The zero-order chi connectivity index (χ0) is 18.6. The summed E-state index contributed by atoms with van der Waals surface area (Å²) in [4.78, 5) is 11.4. The highest BCUT2D eigenvalue weighted by atomic mass is 16.5. The quantitative estimate of drug-likeness (QED) is 0.347. The lowest BCUT2D eigenvalue weighted by atomic mass is 10.00. The third kappa shape index (κ3) is 7.03. The lowest BCUT2D eigenvalue weighted by Gasteiger charge is -2.07. The van der Waals surface area contributed by atoms with Gasteiger partial charge in [0.25, 0.3) is 0 Å². The lowest BCUT2D eigenvalue weighted by Crippen LogP contribution is -2.06. The zero-order valence-electron chi connectivity index (χ0n) is 16.3. The molecular formula is C24H32O2. The van der Waals surface area contributed by atoms with Gasteiger partial charge < -0.3 is 4.74 Å². The van der Waals surface area contributed by atoms with E-state index < -0.39 is 0 Å². The number of carbonyl (C=O) groups is 1. The molecule has 140 valence electrons. The molecule has 2 aromatic carbocycles. The average Bonchev–Trinajstić information content (AvgIpc) is 2.67. The summed E-state index contributed by atoms with van der Waals surface area (Å²) >= 11 is 0. The van der Waals surface area contributed by atoms with Crippen LogP contribution < -0.4 is 0 Å². The molecule has 0 fully saturated rings. The predicted molar refractivity (Wildman–Crippen MR) is 109 cm³/mol. The Bertz CT molecular complexity index is 641. The van der Waals surface area contributed by atoms with Crippen LogP contribution in [0.5, 0.6) is 0 Å². The fourth-order valence-electron chi connectivity index (χ4n) is 3.04. The molecule has 2 heteroatoms. The van der Waals surface area contributed by atoms with Gasteiger partial charge in [-0.15, -0.1) is 0 Å². The highest BCUT2D eigenvalue weighted by Gasteiger charge is 2.02. The molecule has 0 N–H and O–H groups in total. The Morgan fingerprint density at radius 2 is 1.31 bits per heavy atom. The smallest absolute Gasteiger partial charge is 0.305 e. The number of hydrogen-bond acceptors (Lipinski definition) is 2. The van der Waals surface area contributed by atoms with Crippen LogP contribution in [0, 0.1) is 0 Å². The van der Waals surface area contributed by atoms with Gasteiger partial charge in [0.15, 0.2) is 0 Å². The van der Waals surface area contributed by atoms with Crippen molar-refractivity contribution in [1.29, 1.82) is 0 Å². The van der Waals surface area contributed by atoms with Crippen LogP contribution in [0.4, 0.5) is 0 Å². The van der Waals surface area contributed by atoms with Crippen LogP contribution in [0.1, 0.15) is 63.5 Å². The number of esters is 1. The van der Waals surface area contributed by atoms with Gasteiger partial charge in [0.2, 0.25) is 0 Å². The molecule has 0 aliphatic rings. The molecule has 2 nitrogen and oxygen atoms in total. The van der Waals surface area contributed by atoms with E-state index in [2.05, 4.69) is 55.5 Å². The molecule has 0 atom stereocenters. The normalized spacial score (nSPS) is 10.7. The van der Waals surface area contributed by atoms with Gasteiger partial charge in [-0.3, -0.25) is 4.79 Å². The number of unbranched alkanes of at least 4 members (excludes halogenated alkanes) is 3. The van der Waals surface area contributed by atoms with Crippen molar-refractivity contribution in [3.63, 3.8) is 0 Å². The molecular weight excluding hydrogens is 320 g/mol. The Balaban J connectivity index is 1.82. The summed E-state index contributed by atoms with van der Waals surface area (Å²) in [6, 6.07) is 17.5. The van der Waals surface area contributed by atoms with E-state index in [1.54, 1.807) is 0 Å². The molecule has 0 saturated heterocycles. The molecule has 0 bridgehead atoms. The Morgan fingerprint density at radius 1 is 0.731 bits per heavy atom. The third-order valence-electron chi connectivity index (χ3n) is 4.67. The van der Waals surface area contributed by atoms with Crippen molar-refractivity contribution in [3.05, 3.63) is 59.7 Å². The number of rotatable bonds is 11. The van der Waals surface area contributed by atoms with Gasteiger partial charge in [0, 0.05) is 12.8 Å². The summed E-state index contributed by atoms with van der Waals surface area (Å²) in [6.07, 6.45) is 8.53. The minimum absolute atomic E-state index is 0.0982. The van der Waals surface area contributed by atoms with Crippen LogP contribution in [-0.2, 0) is 22.4 Å². The van der Waals surface area contributed by atoms with Crippen molar-refractivity contribution in [3.8, 4) is 11.1 Å².